The number of rotatable bonds is 5. The Morgan fingerprint density at radius 1 is 1.21 bits per heavy atom. The van der Waals surface area contributed by atoms with Crippen LogP contribution < -0.4 is 0 Å². The summed E-state index contributed by atoms with van der Waals surface area (Å²) >= 11 is 3.10. The zero-order chi connectivity index (χ0) is 17.1. The van der Waals surface area contributed by atoms with Gasteiger partial charge in [0.2, 0.25) is 0 Å². The van der Waals surface area contributed by atoms with Crippen LogP contribution in [0, 0.1) is 24.0 Å². The van der Waals surface area contributed by atoms with Gasteiger partial charge in [0.15, 0.2) is 0 Å². The molecule has 0 fully saturated rings. The number of non-ortho nitro benzene ring substituents is 1. The third-order valence-corrected chi connectivity index (χ3v) is 5.37. The smallest absolute Gasteiger partial charge is 0.258 e. The number of thiazole rings is 1. The minimum absolute atomic E-state index is 0.102. The van der Waals surface area contributed by atoms with Gasteiger partial charge in [0.25, 0.3) is 5.69 Å². The van der Waals surface area contributed by atoms with Crippen molar-refractivity contribution < 1.29 is 4.92 Å². The second-order valence-corrected chi connectivity index (χ2v) is 7.32. The molecule has 3 aromatic rings. The standard InChI is InChI=1S/C16H14N4O2S2/c1-10-16(24-11(2)17-10)14-6-7-15(19-18-14)23-9-12-4-3-5-13(8-12)20(21)22/h3-8H,9H2,1-2H3. The van der Waals surface area contributed by atoms with Crippen molar-refractivity contribution in [2.45, 2.75) is 24.6 Å². The second kappa shape index (κ2) is 7.06. The van der Waals surface area contributed by atoms with Crippen LogP contribution in [0.4, 0.5) is 5.69 Å². The Kier molecular flexibility index (Phi) is 4.86. The highest BCUT2D eigenvalue weighted by molar-refractivity contribution is 7.98. The van der Waals surface area contributed by atoms with Gasteiger partial charge >= 0.3 is 0 Å². The fourth-order valence-corrected chi connectivity index (χ4v) is 3.85. The lowest BCUT2D eigenvalue weighted by atomic mass is 10.2. The highest BCUT2D eigenvalue weighted by Crippen LogP contribution is 2.29. The molecule has 2 heterocycles. The summed E-state index contributed by atoms with van der Waals surface area (Å²) in [6.45, 7) is 3.93. The van der Waals surface area contributed by atoms with Crippen molar-refractivity contribution in [3.63, 3.8) is 0 Å². The number of hydrogen-bond acceptors (Lipinski definition) is 7. The van der Waals surface area contributed by atoms with Gasteiger partial charge in [0.05, 0.1) is 20.5 Å². The molecule has 0 unspecified atom stereocenters. The zero-order valence-corrected chi connectivity index (χ0v) is 14.7. The average Bonchev–Trinajstić information content (AvgIpc) is 2.92. The number of nitro benzene ring substituents is 1. The van der Waals surface area contributed by atoms with E-state index in [9.17, 15) is 10.1 Å². The summed E-state index contributed by atoms with van der Waals surface area (Å²) in [6, 6.07) is 10.5. The Hall–Kier alpha value is -2.32. The molecule has 0 atom stereocenters. The van der Waals surface area contributed by atoms with E-state index >= 15 is 0 Å². The molecule has 6 nitrogen and oxygen atoms in total. The molecule has 8 heteroatoms. The molecule has 1 aromatic carbocycles. The summed E-state index contributed by atoms with van der Waals surface area (Å²) in [4.78, 5) is 15.9. The van der Waals surface area contributed by atoms with E-state index < -0.39 is 0 Å². The van der Waals surface area contributed by atoms with Gasteiger partial charge in [-0.25, -0.2) is 4.98 Å². The van der Waals surface area contributed by atoms with Crippen molar-refractivity contribution in [1.29, 1.82) is 0 Å². The molecule has 0 saturated carbocycles. The van der Waals surface area contributed by atoms with Crippen LogP contribution in [-0.2, 0) is 5.75 Å². The number of benzene rings is 1. The monoisotopic (exact) mass is 358 g/mol. The average molecular weight is 358 g/mol. The number of nitro groups is 1. The molecule has 0 aliphatic rings. The zero-order valence-electron chi connectivity index (χ0n) is 13.1. The van der Waals surface area contributed by atoms with Gasteiger partial charge in [-0.2, -0.15) is 0 Å². The molecule has 24 heavy (non-hydrogen) atoms. The maximum Gasteiger partial charge on any atom is 0.269 e. The quantitative estimate of drug-likeness (QED) is 0.381. The van der Waals surface area contributed by atoms with E-state index in [0.717, 1.165) is 31.9 Å². The topological polar surface area (TPSA) is 81.8 Å². The van der Waals surface area contributed by atoms with Crippen LogP contribution in [0.3, 0.4) is 0 Å². The predicted octanol–water partition coefficient (Wildman–Crippen LogP) is 4.42. The summed E-state index contributed by atoms with van der Waals surface area (Å²) in [6.07, 6.45) is 0. The maximum absolute atomic E-state index is 10.8. The van der Waals surface area contributed by atoms with Gasteiger partial charge in [0.1, 0.15) is 10.7 Å². The van der Waals surface area contributed by atoms with Gasteiger partial charge in [0, 0.05) is 17.9 Å². The molecule has 0 N–H and O–H groups in total. The first kappa shape index (κ1) is 16.5. The molecule has 3 rings (SSSR count). The van der Waals surface area contributed by atoms with Gasteiger partial charge in [-0.15, -0.1) is 21.5 Å². The van der Waals surface area contributed by atoms with Gasteiger partial charge in [-0.1, -0.05) is 23.9 Å². The number of hydrogen-bond donors (Lipinski definition) is 0. The van der Waals surface area contributed by atoms with Crippen LogP contribution in [0.2, 0.25) is 0 Å². The first-order valence-corrected chi connectivity index (χ1v) is 8.97. The molecular weight excluding hydrogens is 344 g/mol. The van der Waals surface area contributed by atoms with E-state index in [1.807, 2.05) is 32.0 Å². The summed E-state index contributed by atoms with van der Waals surface area (Å²) in [5.41, 5.74) is 2.76. The molecular formula is C16H14N4O2S2. The van der Waals surface area contributed by atoms with Crippen LogP contribution in [0.5, 0.6) is 0 Å². The Morgan fingerprint density at radius 2 is 2.04 bits per heavy atom. The van der Waals surface area contributed by atoms with Gasteiger partial charge in [-0.05, 0) is 31.5 Å². The van der Waals surface area contributed by atoms with Crippen LogP contribution in [0.25, 0.3) is 10.6 Å². The van der Waals surface area contributed by atoms with E-state index in [4.69, 9.17) is 0 Å². The summed E-state index contributed by atoms with van der Waals surface area (Å²) < 4.78 is 0. The first-order chi connectivity index (χ1) is 11.5. The largest absolute Gasteiger partial charge is 0.269 e. The van der Waals surface area contributed by atoms with Crippen LogP contribution in [-0.4, -0.2) is 20.1 Å². The molecule has 0 spiro atoms. The fourth-order valence-electron chi connectivity index (χ4n) is 2.20. The Labute approximate surface area is 147 Å². The minimum atomic E-state index is -0.387. The van der Waals surface area contributed by atoms with Crippen molar-refractivity contribution in [2.24, 2.45) is 0 Å². The molecule has 0 saturated heterocycles. The molecule has 0 amide bonds. The Balaban J connectivity index is 1.69. The molecule has 122 valence electrons. The van der Waals surface area contributed by atoms with Crippen molar-refractivity contribution in [3.05, 3.63) is 62.8 Å². The summed E-state index contributed by atoms with van der Waals surface area (Å²) in [5.74, 6) is 0.606. The van der Waals surface area contributed by atoms with E-state index in [1.54, 1.807) is 23.5 Å². The van der Waals surface area contributed by atoms with Crippen molar-refractivity contribution in [1.82, 2.24) is 15.2 Å². The molecule has 2 aromatic heterocycles. The van der Waals surface area contributed by atoms with E-state index in [1.165, 1.54) is 17.8 Å². The van der Waals surface area contributed by atoms with Gasteiger partial charge < -0.3 is 0 Å². The third-order valence-electron chi connectivity index (χ3n) is 3.28. The third kappa shape index (κ3) is 3.77. The highest BCUT2D eigenvalue weighted by Gasteiger charge is 2.10. The number of thioether (sulfide) groups is 1. The summed E-state index contributed by atoms with van der Waals surface area (Å²) in [5, 5.41) is 21.1. The number of aryl methyl sites for hydroxylation is 2. The molecule has 0 aliphatic heterocycles. The van der Waals surface area contributed by atoms with Crippen LogP contribution in [0.15, 0.2) is 41.4 Å². The highest BCUT2D eigenvalue weighted by atomic mass is 32.2. The molecule has 0 radical (unpaired) electrons. The first-order valence-electron chi connectivity index (χ1n) is 7.17. The van der Waals surface area contributed by atoms with Crippen molar-refractivity contribution in [3.8, 4) is 10.6 Å². The van der Waals surface area contributed by atoms with Crippen LogP contribution in [0.1, 0.15) is 16.3 Å². The van der Waals surface area contributed by atoms with Gasteiger partial charge in [-0.3, -0.25) is 10.1 Å². The lowest BCUT2D eigenvalue weighted by Crippen LogP contribution is -1.91. The lowest BCUT2D eigenvalue weighted by Gasteiger charge is -2.02. The van der Waals surface area contributed by atoms with Crippen molar-refractivity contribution >= 4 is 28.8 Å². The Morgan fingerprint density at radius 3 is 2.67 bits per heavy atom. The fraction of sp³-hybridized carbons (Fsp3) is 0.188. The summed E-state index contributed by atoms with van der Waals surface area (Å²) in [7, 11) is 0. The van der Waals surface area contributed by atoms with Crippen molar-refractivity contribution in [2.75, 3.05) is 0 Å². The lowest BCUT2D eigenvalue weighted by molar-refractivity contribution is -0.384. The van der Waals surface area contributed by atoms with Crippen LogP contribution >= 0.6 is 23.1 Å². The maximum atomic E-state index is 10.8. The molecule has 0 aliphatic carbocycles. The molecule has 0 bridgehead atoms. The van der Waals surface area contributed by atoms with E-state index in [2.05, 4.69) is 15.2 Å². The minimum Gasteiger partial charge on any atom is -0.258 e. The predicted molar refractivity (Wildman–Crippen MR) is 95.3 cm³/mol. The number of aromatic nitrogens is 3. The number of nitrogens with zero attached hydrogens (tertiary/aromatic N) is 4. The Bertz CT molecular complexity index is 878. The second-order valence-electron chi connectivity index (χ2n) is 5.12. The van der Waals surface area contributed by atoms with E-state index in [0.29, 0.717) is 5.75 Å². The van der Waals surface area contributed by atoms with E-state index in [-0.39, 0.29) is 10.6 Å². The SMILES string of the molecule is Cc1nc(C)c(-c2ccc(SCc3cccc([N+](=O)[O-])c3)nn2)s1. The normalized spacial score (nSPS) is 10.8.